The third-order valence-electron chi connectivity index (χ3n) is 5.04. The second-order valence-corrected chi connectivity index (χ2v) is 6.51. The number of fused-ring (bicyclic) bond motifs is 1. The van der Waals surface area contributed by atoms with Crippen molar-refractivity contribution in [1.29, 1.82) is 0 Å². The molecule has 3 aromatic rings. The lowest BCUT2D eigenvalue weighted by molar-refractivity contribution is -0.117. The fourth-order valence-corrected chi connectivity index (χ4v) is 3.84. The number of carbonyl (C=O) groups excluding carboxylic acids is 1. The molecule has 0 fully saturated rings. The molecule has 0 bridgehead atoms. The fourth-order valence-electron chi connectivity index (χ4n) is 3.84. The van der Waals surface area contributed by atoms with Crippen LogP contribution in [0.5, 0.6) is 5.75 Å². The highest BCUT2D eigenvalue weighted by Gasteiger charge is 2.27. The van der Waals surface area contributed by atoms with Crippen molar-refractivity contribution in [3.63, 3.8) is 0 Å². The van der Waals surface area contributed by atoms with Crippen molar-refractivity contribution < 1.29 is 9.53 Å². The third kappa shape index (κ3) is 3.01. The summed E-state index contributed by atoms with van der Waals surface area (Å²) in [6.07, 6.45) is 8.52. The lowest BCUT2D eigenvalue weighted by Gasteiger charge is -2.17. The summed E-state index contributed by atoms with van der Waals surface area (Å²) in [5.41, 5.74) is 5.54. The highest BCUT2D eigenvalue weighted by Crippen LogP contribution is 2.42. The number of rotatable bonds is 5. The maximum absolute atomic E-state index is 11.8. The molecule has 1 aliphatic carbocycles. The van der Waals surface area contributed by atoms with Crippen molar-refractivity contribution in [3.8, 4) is 22.6 Å². The molecule has 0 saturated carbocycles. The molecule has 1 amide bonds. The maximum Gasteiger partial charge on any atom is 0.243 e. The zero-order valence-electron chi connectivity index (χ0n) is 15.2. The normalized spacial score (nSPS) is 15.2. The number of hydrogen-bond acceptors (Lipinski definition) is 3. The number of imidazole rings is 1. The lowest BCUT2D eigenvalue weighted by atomic mass is 9.95. The average Bonchev–Trinajstić information content (AvgIpc) is 3.37. The molecule has 2 aromatic carbocycles. The number of nitrogens with one attached hydrogen (secondary N) is 1. The van der Waals surface area contributed by atoms with Crippen molar-refractivity contribution in [3.05, 3.63) is 78.9 Å². The Balaban J connectivity index is 1.81. The van der Waals surface area contributed by atoms with Gasteiger partial charge in [0.25, 0.3) is 0 Å². The van der Waals surface area contributed by atoms with E-state index in [1.54, 1.807) is 19.6 Å². The van der Waals surface area contributed by atoms with E-state index in [9.17, 15) is 4.79 Å². The molecule has 0 saturated heterocycles. The van der Waals surface area contributed by atoms with Crippen LogP contribution in [0, 0.1) is 0 Å². The molecule has 1 unspecified atom stereocenters. The minimum absolute atomic E-state index is 0.0216. The second kappa shape index (κ2) is 7.11. The first kappa shape index (κ1) is 17.1. The van der Waals surface area contributed by atoms with E-state index >= 15 is 0 Å². The number of methoxy groups -OCH3 is 1. The molecule has 1 heterocycles. The summed E-state index contributed by atoms with van der Waals surface area (Å²) in [7, 11) is 1.69. The van der Waals surface area contributed by atoms with Crippen LogP contribution in [0.2, 0.25) is 0 Å². The monoisotopic (exact) mass is 359 g/mol. The summed E-state index contributed by atoms with van der Waals surface area (Å²) >= 11 is 0. The Bertz CT molecular complexity index is 993. The van der Waals surface area contributed by atoms with Gasteiger partial charge in [0.15, 0.2) is 5.75 Å². The molecule has 5 heteroatoms. The molecule has 1 atom stereocenters. The molecule has 27 heavy (non-hydrogen) atoms. The summed E-state index contributed by atoms with van der Waals surface area (Å²) < 4.78 is 7.73. The molecular weight excluding hydrogens is 338 g/mol. The highest BCUT2D eigenvalue weighted by molar-refractivity contribution is 5.87. The number of benzene rings is 2. The number of amides is 1. The Labute approximate surface area is 158 Å². The fraction of sp³-hybridized carbons (Fsp3) is 0.182. The van der Waals surface area contributed by atoms with E-state index in [2.05, 4.69) is 35.1 Å². The molecule has 5 nitrogen and oxygen atoms in total. The van der Waals surface area contributed by atoms with E-state index in [1.807, 2.05) is 29.0 Å². The van der Waals surface area contributed by atoms with E-state index in [0.717, 1.165) is 41.0 Å². The molecule has 0 spiro atoms. The summed E-state index contributed by atoms with van der Waals surface area (Å²) in [5, 5.41) is 3.03. The van der Waals surface area contributed by atoms with Crippen molar-refractivity contribution in [2.24, 2.45) is 0 Å². The van der Waals surface area contributed by atoms with Crippen LogP contribution in [-0.4, -0.2) is 22.6 Å². The van der Waals surface area contributed by atoms with Gasteiger partial charge in [-0.05, 0) is 41.7 Å². The molecular formula is C22H21N3O2. The van der Waals surface area contributed by atoms with E-state index in [4.69, 9.17) is 4.74 Å². The molecule has 0 aliphatic heterocycles. The Morgan fingerprint density at radius 2 is 2.11 bits per heavy atom. The number of ether oxygens (including phenoxy) is 1. The van der Waals surface area contributed by atoms with Gasteiger partial charge in [-0.1, -0.05) is 36.9 Å². The van der Waals surface area contributed by atoms with Gasteiger partial charge in [0.05, 0.1) is 25.2 Å². The van der Waals surface area contributed by atoms with Crippen molar-refractivity contribution in [2.45, 2.75) is 18.9 Å². The Kier molecular flexibility index (Phi) is 4.50. The zero-order chi connectivity index (χ0) is 18.8. The number of para-hydroxylation sites is 1. The van der Waals surface area contributed by atoms with Crippen molar-refractivity contribution in [2.75, 3.05) is 7.11 Å². The van der Waals surface area contributed by atoms with Crippen LogP contribution in [0.3, 0.4) is 0 Å². The largest absolute Gasteiger partial charge is 0.494 e. The van der Waals surface area contributed by atoms with Gasteiger partial charge in [0.1, 0.15) is 0 Å². The number of carbonyl (C=O) groups is 1. The quantitative estimate of drug-likeness (QED) is 0.704. The molecule has 1 aromatic heterocycles. The van der Waals surface area contributed by atoms with Gasteiger partial charge in [-0.25, -0.2) is 4.98 Å². The Morgan fingerprint density at radius 1 is 1.30 bits per heavy atom. The first-order valence-electron chi connectivity index (χ1n) is 8.93. The predicted octanol–water partition coefficient (Wildman–Crippen LogP) is 3.84. The Hall–Kier alpha value is -3.34. The van der Waals surface area contributed by atoms with Crippen LogP contribution in [0.25, 0.3) is 16.8 Å². The molecule has 1 aliphatic rings. The van der Waals surface area contributed by atoms with E-state index in [-0.39, 0.29) is 11.9 Å². The first-order valence-corrected chi connectivity index (χ1v) is 8.93. The summed E-state index contributed by atoms with van der Waals surface area (Å²) in [6, 6.07) is 12.4. The molecule has 1 N–H and O–H groups in total. The van der Waals surface area contributed by atoms with E-state index in [1.165, 1.54) is 11.6 Å². The van der Waals surface area contributed by atoms with Gasteiger partial charge in [-0.3, -0.25) is 4.79 Å². The van der Waals surface area contributed by atoms with Gasteiger partial charge in [0, 0.05) is 18.0 Å². The van der Waals surface area contributed by atoms with Crippen LogP contribution < -0.4 is 10.1 Å². The average molecular weight is 359 g/mol. The highest BCUT2D eigenvalue weighted by atomic mass is 16.5. The van der Waals surface area contributed by atoms with Gasteiger partial charge in [-0.15, -0.1) is 0 Å². The van der Waals surface area contributed by atoms with E-state index in [0.29, 0.717) is 0 Å². The van der Waals surface area contributed by atoms with Crippen molar-refractivity contribution in [1.82, 2.24) is 14.9 Å². The molecule has 136 valence electrons. The van der Waals surface area contributed by atoms with Gasteiger partial charge in [-0.2, -0.15) is 0 Å². The van der Waals surface area contributed by atoms with Crippen LogP contribution in [-0.2, 0) is 11.2 Å². The van der Waals surface area contributed by atoms with Crippen molar-refractivity contribution >= 4 is 5.91 Å². The molecule has 0 radical (unpaired) electrons. The summed E-state index contributed by atoms with van der Waals surface area (Å²) in [4.78, 5) is 15.9. The SMILES string of the molecule is C=CC(=O)NC1CCc2c(-c3cccc(-n4ccnc4)c3OC)cccc21. The summed E-state index contributed by atoms with van der Waals surface area (Å²) in [6.45, 7) is 3.54. The smallest absolute Gasteiger partial charge is 0.243 e. The number of nitrogens with zero attached hydrogens (tertiary/aromatic N) is 2. The van der Waals surface area contributed by atoms with E-state index < -0.39 is 0 Å². The predicted molar refractivity (Wildman–Crippen MR) is 105 cm³/mol. The minimum atomic E-state index is -0.141. The van der Waals surface area contributed by atoms with Crippen LogP contribution in [0.15, 0.2) is 67.8 Å². The van der Waals surface area contributed by atoms with Crippen LogP contribution >= 0.6 is 0 Å². The van der Waals surface area contributed by atoms with Crippen LogP contribution in [0.1, 0.15) is 23.6 Å². The first-order chi connectivity index (χ1) is 13.2. The number of hydrogen-bond donors (Lipinski definition) is 1. The minimum Gasteiger partial charge on any atom is -0.494 e. The lowest BCUT2D eigenvalue weighted by Crippen LogP contribution is -2.24. The molecule has 4 rings (SSSR count). The van der Waals surface area contributed by atoms with Gasteiger partial charge < -0.3 is 14.6 Å². The summed E-state index contributed by atoms with van der Waals surface area (Å²) in [5.74, 6) is 0.667. The standard InChI is InChI=1S/C22H21N3O2/c1-3-21(26)24-19-11-10-16-15(6-4-7-17(16)19)18-8-5-9-20(22(18)27-2)25-13-12-23-14-25/h3-9,12-14,19H,1,10-11H2,2H3,(H,24,26). The van der Waals surface area contributed by atoms with Crippen LogP contribution in [0.4, 0.5) is 0 Å². The van der Waals surface area contributed by atoms with Gasteiger partial charge >= 0.3 is 0 Å². The zero-order valence-corrected chi connectivity index (χ0v) is 15.2. The van der Waals surface area contributed by atoms with Gasteiger partial charge in [0.2, 0.25) is 5.91 Å². The maximum atomic E-state index is 11.8. The third-order valence-corrected chi connectivity index (χ3v) is 5.04. The topological polar surface area (TPSA) is 56.2 Å². The Morgan fingerprint density at radius 3 is 2.85 bits per heavy atom. The second-order valence-electron chi connectivity index (χ2n) is 6.51. The number of aromatic nitrogens is 2.